The van der Waals surface area contributed by atoms with Gasteiger partial charge < -0.3 is 4.18 Å². The number of hydrogen-bond acceptors (Lipinski definition) is 3. The molecule has 2 rings (SSSR count). The zero-order valence-electron chi connectivity index (χ0n) is 10.4. The molecular formula is C13H17ClO3S. The maximum Gasteiger partial charge on any atom is 0.306 e. The fraction of sp³-hybridized carbons (Fsp3) is 0.538. The van der Waals surface area contributed by atoms with Crippen molar-refractivity contribution in [3.05, 3.63) is 28.8 Å². The summed E-state index contributed by atoms with van der Waals surface area (Å²) in [5, 5.41) is 0.622. The molecule has 1 aromatic carbocycles. The SMILES string of the molecule is CS(=O)(=O)Oc1ccc(Cl)cc1C1CCCCC1. The molecule has 0 atom stereocenters. The van der Waals surface area contributed by atoms with Crippen molar-refractivity contribution >= 4 is 21.7 Å². The molecule has 0 saturated heterocycles. The lowest BCUT2D eigenvalue weighted by Crippen LogP contribution is -2.11. The standard InChI is InChI=1S/C13H17ClO3S/c1-18(15,16)17-13-8-7-11(14)9-12(13)10-5-3-2-4-6-10/h7-10H,2-6H2,1H3. The van der Waals surface area contributed by atoms with Gasteiger partial charge in [0.1, 0.15) is 5.75 Å². The Bertz CT molecular complexity index is 519. The predicted molar refractivity (Wildman–Crippen MR) is 72.7 cm³/mol. The first-order chi connectivity index (χ1) is 8.46. The Labute approximate surface area is 113 Å². The molecule has 0 amide bonds. The summed E-state index contributed by atoms with van der Waals surface area (Å²) in [6.07, 6.45) is 6.80. The van der Waals surface area contributed by atoms with Crippen LogP contribution in [0.15, 0.2) is 18.2 Å². The van der Waals surface area contributed by atoms with Crippen LogP contribution in [0.5, 0.6) is 5.75 Å². The monoisotopic (exact) mass is 288 g/mol. The molecule has 0 spiro atoms. The van der Waals surface area contributed by atoms with Gasteiger partial charge in [0.15, 0.2) is 0 Å². The van der Waals surface area contributed by atoms with Crippen molar-refractivity contribution in [2.24, 2.45) is 0 Å². The zero-order chi connectivity index (χ0) is 13.2. The van der Waals surface area contributed by atoms with E-state index < -0.39 is 10.1 Å². The molecule has 5 heteroatoms. The van der Waals surface area contributed by atoms with E-state index in [0.717, 1.165) is 24.7 Å². The molecule has 1 aliphatic rings. The average molecular weight is 289 g/mol. The molecule has 0 heterocycles. The Morgan fingerprint density at radius 2 is 1.89 bits per heavy atom. The van der Waals surface area contributed by atoms with E-state index in [0.29, 0.717) is 16.7 Å². The average Bonchev–Trinajstić information content (AvgIpc) is 2.31. The summed E-state index contributed by atoms with van der Waals surface area (Å²) >= 11 is 6.00. The summed E-state index contributed by atoms with van der Waals surface area (Å²) in [7, 11) is -3.49. The quantitative estimate of drug-likeness (QED) is 0.796. The van der Waals surface area contributed by atoms with Gasteiger partial charge in [0, 0.05) is 10.6 Å². The summed E-state index contributed by atoms with van der Waals surface area (Å²) < 4.78 is 27.6. The van der Waals surface area contributed by atoms with Crippen LogP contribution in [0.2, 0.25) is 5.02 Å². The van der Waals surface area contributed by atoms with Gasteiger partial charge >= 0.3 is 10.1 Å². The number of halogens is 1. The Balaban J connectivity index is 2.33. The van der Waals surface area contributed by atoms with Crippen molar-refractivity contribution < 1.29 is 12.6 Å². The van der Waals surface area contributed by atoms with Crippen molar-refractivity contribution in [2.75, 3.05) is 6.26 Å². The van der Waals surface area contributed by atoms with Gasteiger partial charge in [-0.2, -0.15) is 8.42 Å². The largest absolute Gasteiger partial charge is 0.382 e. The lowest BCUT2D eigenvalue weighted by molar-refractivity contribution is 0.429. The van der Waals surface area contributed by atoms with Gasteiger partial charge in [-0.15, -0.1) is 0 Å². The second-order valence-corrected chi connectivity index (χ2v) is 6.82. The van der Waals surface area contributed by atoms with Crippen LogP contribution < -0.4 is 4.18 Å². The van der Waals surface area contributed by atoms with Crippen LogP contribution in [0.25, 0.3) is 0 Å². The van der Waals surface area contributed by atoms with Gasteiger partial charge in [0.05, 0.1) is 6.26 Å². The van der Waals surface area contributed by atoms with Crippen LogP contribution in [-0.4, -0.2) is 14.7 Å². The van der Waals surface area contributed by atoms with E-state index in [1.165, 1.54) is 19.3 Å². The van der Waals surface area contributed by atoms with E-state index in [9.17, 15) is 8.42 Å². The first-order valence-electron chi connectivity index (χ1n) is 6.14. The van der Waals surface area contributed by atoms with Gasteiger partial charge in [-0.1, -0.05) is 30.9 Å². The van der Waals surface area contributed by atoms with Gasteiger partial charge in [0.25, 0.3) is 0 Å². The molecule has 0 bridgehead atoms. The Morgan fingerprint density at radius 1 is 1.22 bits per heavy atom. The van der Waals surface area contributed by atoms with E-state index in [1.54, 1.807) is 12.1 Å². The minimum absolute atomic E-state index is 0.356. The minimum Gasteiger partial charge on any atom is -0.382 e. The van der Waals surface area contributed by atoms with Gasteiger partial charge in [-0.05, 0) is 37.0 Å². The lowest BCUT2D eigenvalue weighted by Gasteiger charge is -2.23. The van der Waals surface area contributed by atoms with E-state index in [4.69, 9.17) is 15.8 Å². The second-order valence-electron chi connectivity index (χ2n) is 4.80. The third kappa shape index (κ3) is 3.62. The molecule has 0 radical (unpaired) electrons. The normalized spacial score (nSPS) is 17.7. The summed E-state index contributed by atoms with van der Waals surface area (Å²) in [6, 6.07) is 5.14. The molecule has 0 N–H and O–H groups in total. The molecule has 18 heavy (non-hydrogen) atoms. The van der Waals surface area contributed by atoms with E-state index in [2.05, 4.69) is 0 Å². The summed E-state index contributed by atoms with van der Waals surface area (Å²) in [6.45, 7) is 0. The van der Waals surface area contributed by atoms with Crippen molar-refractivity contribution in [3.63, 3.8) is 0 Å². The van der Waals surface area contributed by atoms with Crippen molar-refractivity contribution in [1.82, 2.24) is 0 Å². The number of hydrogen-bond donors (Lipinski definition) is 0. The third-order valence-electron chi connectivity index (χ3n) is 3.26. The maximum atomic E-state index is 11.3. The summed E-state index contributed by atoms with van der Waals surface area (Å²) in [5.41, 5.74) is 0.924. The van der Waals surface area contributed by atoms with Crippen LogP contribution >= 0.6 is 11.6 Å². The number of benzene rings is 1. The fourth-order valence-corrected chi connectivity index (χ4v) is 3.15. The van der Waals surface area contributed by atoms with E-state index >= 15 is 0 Å². The maximum absolute atomic E-state index is 11.3. The lowest BCUT2D eigenvalue weighted by atomic mass is 9.84. The van der Waals surface area contributed by atoms with Gasteiger partial charge in [-0.25, -0.2) is 0 Å². The molecule has 0 aliphatic heterocycles. The van der Waals surface area contributed by atoms with Crippen molar-refractivity contribution in [3.8, 4) is 5.75 Å². The Kier molecular flexibility index (Phi) is 4.17. The van der Waals surface area contributed by atoms with Crippen LogP contribution in [0.3, 0.4) is 0 Å². The molecular weight excluding hydrogens is 272 g/mol. The molecule has 0 aromatic heterocycles. The molecule has 3 nitrogen and oxygen atoms in total. The van der Waals surface area contributed by atoms with Crippen LogP contribution in [0.4, 0.5) is 0 Å². The van der Waals surface area contributed by atoms with E-state index in [1.807, 2.05) is 6.07 Å². The third-order valence-corrected chi connectivity index (χ3v) is 3.98. The minimum atomic E-state index is -3.49. The van der Waals surface area contributed by atoms with Gasteiger partial charge in [0.2, 0.25) is 0 Å². The Morgan fingerprint density at radius 3 is 2.50 bits per heavy atom. The first kappa shape index (κ1) is 13.7. The molecule has 100 valence electrons. The molecule has 0 unspecified atom stereocenters. The van der Waals surface area contributed by atoms with Crippen molar-refractivity contribution in [1.29, 1.82) is 0 Å². The summed E-state index contributed by atoms with van der Waals surface area (Å²) in [5.74, 6) is 0.781. The fourth-order valence-electron chi connectivity index (χ4n) is 2.49. The molecule has 1 aromatic rings. The molecule has 1 fully saturated rings. The molecule has 1 saturated carbocycles. The topological polar surface area (TPSA) is 43.4 Å². The highest BCUT2D eigenvalue weighted by Crippen LogP contribution is 2.39. The number of rotatable bonds is 3. The summed E-state index contributed by atoms with van der Waals surface area (Å²) in [4.78, 5) is 0. The van der Waals surface area contributed by atoms with Crippen LogP contribution in [-0.2, 0) is 10.1 Å². The van der Waals surface area contributed by atoms with Crippen molar-refractivity contribution in [2.45, 2.75) is 38.0 Å². The van der Waals surface area contributed by atoms with Crippen LogP contribution in [0, 0.1) is 0 Å². The van der Waals surface area contributed by atoms with Gasteiger partial charge in [-0.3, -0.25) is 0 Å². The molecule has 1 aliphatic carbocycles. The highest BCUT2D eigenvalue weighted by molar-refractivity contribution is 7.86. The highest BCUT2D eigenvalue weighted by atomic mass is 35.5. The zero-order valence-corrected chi connectivity index (χ0v) is 11.9. The first-order valence-corrected chi connectivity index (χ1v) is 8.34. The smallest absolute Gasteiger partial charge is 0.306 e. The predicted octanol–water partition coefficient (Wildman–Crippen LogP) is 3.73. The second kappa shape index (κ2) is 5.49. The highest BCUT2D eigenvalue weighted by Gasteiger charge is 2.21. The Hall–Kier alpha value is -0.740. The van der Waals surface area contributed by atoms with E-state index in [-0.39, 0.29) is 0 Å². The van der Waals surface area contributed by atoms with Crippen LogP contribution in [0.1, 0.15) is 43.6 Å².